The molecule has 6 rings (SSSR count). The fourth-order valence-electron chi connectivity index (χ4n) is 8.95. The standard InChI is InChI=1S/C42H50F3NO6/c1-7-8-9-10-11-15-20-30-25-33(50-39(48)41(49-6,42(43,44)45)29-18-13-12-14-19-29)36-35-27(3)24-28-22-23-32-37(52-40(4,5)51-32)34(28)26(2)17-16-21-31(35)38(47)46(30)36/h9-19,21-24,28,30-37H,7-8,20,25H2,1-6H3/b10-9+,15-11+,21-16-,26-17+,27-24+/t28-,30+,31+,32-,33-,34-,35+,36-,37-,41+/m0/s1. The minimum Gasteiger partial charge on any atom is -0.457 e. The molecule has 2 aliphatic carbocycles. The highest BCUT2D eigenvalue weighted by Crippen LogP contribution is 2.51. The van der Waals surface area contributed by atoms with E-state index in [1.165, 1.54) is 24.3 Å². The van der Waals surface area contributed by atoms with Gasteiger partial charge in [0.05, 0.1) is 18.1 Å². The van der Waals surface area contributed by atoms with Gasteiger partial charge in [-0.05, 0) is 40.5 Å². The lowest BCUT2D eigenvalue weighted by Crippen LogP contribution is -2.53. The summed E-state index contributed by atoms with van der Waals surface area (Å²) in [5, 5.41) is 0. The van der Waals surface area contributed by atoms with Crippen LogP contribution in [0.2, 0.25) is 0 Å². The van der Waals surface area contributed by atoms with Gasteiger partial charge in [0.25, 0.3) is 5.60 Å². The van der Waals surface area contributed by atoms with Crippen molar-refractivity contribution in [1.29, 1.82) is 0 Å². The topological polar surface area (TPSA) is 74.3 Å². The van der Waals surface area contributed by atoms with Crippen molar-refractivity contribution < 1.29 is 41.7 Å². The predicted octanol–water partition coefficient (Wildman–Crippen LogP) is 8.31. The van der Waals surface area contributed by atoms with Gasteiger partial charge in [-0.1, -0.05) is 116 Å². The summed E-state index contributed by atoms with van der Waals surface area (Å²) in [5.41, 5.74) is -1.73. The summed E-state index contributed by atoms with van der Waals surface area (Å²) in [4.78, 5) is 30.2. The molecule has 1 aromatic rings. The van der Waals surface area contributed by atoms with Crippen molar-refractivity contribution in [3.05, 3.63) is 108 Å². The highest BCUT2D eigenvalue weighted by Gasteiger charge is 2.66. The highest BCUT2D eigenvalue weighted by atomic mass is 19.4. The summed E-state index contributed by atoms with van der Waals surface area (Å²) in [5.74, 6) is -3.63. The van der Waals surface area contributed by atoms with Crippen molar-refractivity contribution in [1.82, 2.24) is 4.90 Å². The Morgan fingerprint density at radius 2 is 1.75 bits per heavy atom. The second-order valence-electron chi connectivity index (χ2n) is 15.0. The maximum absolute atomic E-state index is 15.0. The van der Waals surface area contributed by atoms with Gasteiger partial charge in [0.15, 0.2) is 5.79 Å². The van der Waals surface area contributed by atoms with Gasteiger partial charge in [-0.2, -0.15) is 13.2 Å². The Hall–Kier alpha value is -3.73. The minimum atomic E-state index is -5.13. The van der Waals surface area contributed by atoms with Crippen LogP contribution in [0.3, 0.4) is 0 Å². The Bertz CT molecular complexity index is 1680. The Kier molecular flexibility index (Phi) is 10.9. The molecule has 3 saturated heterocycles. The molecule has 0 bridgehead atoms. The minimum absolute atomic E-state index is 0.0445. The van der Waals surface area contributed by atoms with Crippen molar-refractivity contribution in [2.75, 3.05) is 7.11 Å². The van der Waals surface area contributed by atoms with Gasteiger partial charge in [-0.3, -0.25) is 4.79 Å². The van der Waals surface area contributed by atoms with E-state index in [0.717, 1.165) is 31.1 Å². The Balaban J connectivity index is 1.40. The average molecular weight is 722 g/mol. The first-order chi connectivity index (χ1) is 24.7. The summed E-state index contributed by atoms with van der Waals surface area (Å²) in [6.07, 6.45) is 16.0. The number of hydrogen-bond acceptors (Lipinski definition) is 6. The van der Waals surface area contributed by atoms with Crippen LogP contribution < -0.4 is 0 Å². The molecule has 3 aliphatic heterocycles. The molecule has 0 radical (unpaired) electrons. The lowest BCUT2D eigenvalue weighted by Gasteiger charge is -2.36. The number of methoxy groups -OCH3 is 1. The molecule has 52 heavy (non-hydrogen) atoms. The van der Waals surface area contributed by atoms with Crippen molar-refractivity contribution in [3.8, 4) is 0 Å². The van der Waals surface area contributed by atoms with Crippen LogP contribution in [0.4, 0.5) is 13.2 Å². The van der Waals surface area contributed by atoms with Crippen LogP contribution in [0.1, 0.15) is 65.9 Å². The molecule has 0 saturated carbocycles. The Labute approximate surface area is 304 Å². The highest BCUT2D eigenvalue weighted by molar-refractivity contribution is 5.86. The second-order valence-corrected chi connectivity index (χ2v) is 15.0. The Morgan fingerprint density at radius 3 is 2.44 bits per heavy atom. The fourth-order valence-corrected chi connectivity index (χ4v) is 8.95. The molecular formula is C42H50F3NO6. The smallest absolute Gasteiger partial charge is 0.432 e. The normalized spacial score (nSPS) is 36.3. The van der Waals surface area contributed by atoms with Crippen molar-refractivity contribution >= 4 is 11.9 Å². The van der Waals surface area contributed by atoms with Crippen LogP contribution >= 0.6 is 0 Å². The molecule has 7 nitrogen and oxygen atoms in total. The number of allylic oxidation sites excluding steroid dienone is 7. The maximum atomic E-state index is 15.0. The number of alkyl halides is 3. The number of carbonyl (C=O) groups is 2. The van der Waals surface area contributed by atoms with E-state index in [2.05, 4.69) is 32.1 Å². The third kappa shape index (κ3) is 6.90. The number of rotatable bonds is 9. The molecule has 0 unspecified atom stereocenters. The van der Waals surface area contributed by atoms with E-state index in [0.29, 0.717) is 6.42 Å². The van der Waals surface area contributed by atoms with E-state index in [1.807, 2.05) is 63.3 Å². The largest absolute Gasteiger partial charge is 0.457 e. The molecular weight excluding hydrogens is 671 g/mol. The first kappa shape index (κ1) is 38.0. The molecule has 10 atom stereocenters. The van der Waals surface area contributed by atoms with Gasteiger partial charge >= 0.3 is 12.1 Å². The zero-order valence-corrected chi connectivity index (χ0v) is 30.7. The summed E-state index contributed by atoms with van der Waals surface area (Å²) in [7, 11) is 0.866. The van der Waals surface area contributed by atoms with E-state index in [9.17, 15) is 22.8 Å². The van der Waals surface area contributed by atoms with Crippen molar-refractivity contribution in [3.63, 3.8) is 0 Å². The SMILES string of the molecule is CCC/C=C/C=C/C[C@@H]1C[C@H](OC(=O)[C@](OC)(c2ccccc2)C(F)(F)F)[C@H]2[C@@H]3/C(C)=C/[C@@H]4C=C[C@@H]5OC(C)(C)O[C@@H]5[C@H]4/C(C)=C/C=C\[C@H]3C(=O)N12. The monoisotopic (exact) mass is 721 g/mol. The number of amides is 1. The fraction of sp³-hybridized carbons (Fsp3) is 0.524. The van der Waals surface area contributed by atoms with E-state index in [4.69, 9.17) is 18.9 Å². The van der Waals surface area contributed by atoms with Gasteiger partial charge in [-0.15, -0.1) is 0 Å². The van der Waals surface area contributed by atoms with E-state index in [-0.39, 0.29) is 41.9 Å². The summed E-state index contributed by atoms with van der Waals surface area (Å²) in [6.45, 7) is 9.94. The van der Waals surface area contributed by atoms with Crippen molar-refractivity contribution in [2.45, 2.75) is 108 Å². The third-order valence-corrected chi connectivity index (χ3v) is 11.2. The average Bonchev–Trinajstić information content (AvgIpc) is 3.70. The number of nitrogens with zero attached hydrogens (tertiary/aromatic N) is 1. The van der Waals surface area contributed by atoms with Gasteiger partial charge in [0, 0.05) is 42.9 Å². The number of halogens is 3. The van der Waals surface area contributed by atoms with Gasteiger partial charge in [0.1, 0.15) is 12.2 Å². The second kappa shape index (κ2) is 15.0. The molecule has 3 heterocycles. The molecule has 10 heteroatoms. The molecule has 5 aliphatic rings. The number of fused-ring (bicyclic) bond motifs is 6. The van der Waals surface area contributed by atoms with E-state index >= 15 is 0 Å². The summed E-state index contributed by atoms with van der Waals surface area (Å²) < 4.78 is 68.6. The molecule has 280 valence electrons. The molecule has 0 aromatic heterocycles. The van der Waals surface area contributed by atoms with E-state index < -0.39 is 53.6 Å². The number of benzene rings is 1. The molecule has 3 fully saturated rings. The maximum Gasteiger partial charge on any atom is 0.432 e. The summed E-state index contributed by atoms with van der Waals surface area (Å²) in [6, 6.07) is 5.75. The quantitative estimate of drug-likeness (QED) is 0.145. The molecule has 1 aromatic carbocycles. The Morgan fingerprint density at radius 1 is 1.02 bits per heavy atom. The number of esters is 1. The zero-order chi connectivity index (χ0) is 37.4. The van der Waals surface area contributed by atoms with Gasteiger partial charge in [0.2, 0.25) is 5.91 Å². The van der Waals surface area contributed by atoms with Crippen LogP contribution in [-0.4, -0.2) is 66.2 Å². The predicted molar refractivity (Wildman–Crippen MR) is 191 cm³/mol. The molecule has 0 spiro atoms. The molecule has 1 amide bonds. The number of unbranched alkanes of at least 4 members (excludes halogenated alkanes) is 1. The molecule has 0 N–H and O–H groups in total. The third-order valence-electron chi connectivity index (χ3n) is 11.2. The van der Waals surface area contributed by atoms with E-state index in [1.54, 1.807) is 11.0 Å². The van der Waals surface area contributed by atoms with Crippen LogP contribution in [0.15, 0.2) is 102 Å². The van der Waals surface area contributed by atoms with Crippen LogP contribution in [0.5, 0.6) is 0 Å². The van der Waals surface area contributed by atoms with Crippen molar-refractivity contribution in [2.24, 2.45) is 23.7 Å². The lowest BCUT2D eigenvalue weighted by atomic mass is 9.72. The number of ether oxygens (including phenoxy) is 4. The van der Waals surface area contributed by atoms with Crippen LogP contribution in [0.25, 0.3) is 0 Å². The van der Waals surface area contributed by atoms with Crippen LogP contribution in [-0.2, 0) is 34.1 Å². The van der Waals surface area contributed by atoms with Gasteiger partial charge in [-0.25, -0.2) is 4.79 Å². The first-order valence-corrected chi connectivity index (χ1v) is 18.3. The first-order valence-electron chi connectivity index (χ1n) is 18.3. The lowest BCUT2D eigenvalue weighted by molar-refractivity contribution is -0.278. The van der Waals surface area contributed by atoms with Gasteiger partial charge < -0.3 is 23.8 Å². The zero-order valence-electron chi connectivity index (χ0n) is 30.7. The van der Waals surface area contributed by atoms with Crippen LogP contribution in [0, 0.1) is 23.7 Å². The number of carbonyl (C=O) groups excluding carboxylic acids is 2. The number of hydrogen-bond donors (Lipinski definition) is 0. The summed E-state index contributed by atoms with van der Waals surface area (Å²) >= 11 is 0.